The quantitative estimate of drug-likeness (QED) is 0.913. The molecule has 1 unspecified atom stereocenters. The number of aliphatic imine (C=N–C) groups is 1. The molecule has 2 nitrogen and oxygen atoms in total. The molecule has 2 aromatic rings. The average Bonchev–Trinajstić information content (AvgIpc) is 3.15. The van der Waals surface area contributed by atoms with Crippen LogP contribution in [0.4, 0.5) is 0 Å². The summed E-state index contributed by atoms with van der Waals surface area (Å²) in [6.07, 6.45) is 1.12. The second-order valence-corrected chi connectivity index (χ2v) is 7.18. The summed E-state index contributed by atoms with van der Waals surface area (Å²) in [4.78, 5) is 7.44. The predicted molar refractivity (Wildman–Crippen MR) is 89.6 cm³/mol. The number of amidine groups is 1. The third kappa shape index (κ3) is 3.25. The minimum absolute atomic E-state index is 0.466. The van der Waals surface area contributed by atoms with E-state index in [0.717, 1.165) is 24.7 Å². The Kier molecular flexibility index (Phi) is 4.43. The number of nitrogens with one attached hydrogen (secondary N) is 1. The number of rotatable bonds is 4. The largest absolute Gasteiger partial charge is 0.360 e. The summed E-state index contributed by atoms with van der Waals surface area (Å²) < 4.78 is 0. The Bertz CT molecular complexity index is 590. The molecule has 0 amide bonds. The van der Waals surface area contributed by atoms with E-state index in [9.17, 15) is 0 Å². The molecule has 0 spiro atoms. The topological polar surface area (TPSA) is 24.4 Å². The van der Waals surface area contributed by atoms with Gasteiger partial charge in [0.1, 0.15) is 0 Å². The Morgan fingerprint density at radius 2 is 1.95 bits per heavy atom. The second-order valence-electron chi connectivity index (χ2n) is 4.74. The molecule has 3 rings (SSSR count). The molecule has 1 aromatic carbocycles. The lowest BCUT2D eigenvalue weighted by atomic mass is 10.1. The Morgan fingerprint density at radius 1 is 1.15 bits per heavy atom. The summed E-state index contributed by atoms with van der Waals surface area (Å²) in [5.74, 6) is 0. The fraction of sp³-hybridized carbons (Fsp3) is 0.312. The van der Waals surface area contributed by atoms with Crippen LogP contribution in [0.15, 0.2) is 47.5 Å². The van der Waals surface area contributed by atoms with Crippen LogP contribution in [0.1, 0.15) is 27.5 Å². The van der Waals surface area contributed by atoms with Gasteiger partial charge < -0.3 is 5.32 Å². The van der Waals surface area contributed by atoms with E-state index in [0.29, 0.717) is 5.25 Å². The second kappa shape index (κ2) is 6.46. The van der Waals surface area contributed by atoms with Gasteiger partial charge in [-0.05, 0) is 24.1 Å². The van der Waals surface area contributed by atoms with Gasteiger partial charge in [0.05, 0.1) is 18.3 Å². The standard InChI is InChI=1S/C16H18N2S2/c1-2-13-8-9-14(19-13)10-17-16-18-11-15(20-16)12-6-4-3-5-7-12/h3-9,15H,2,10-11H2,1H3,(H,17,18). The highest BCUT2D eigenvalue weighted by atomic mass is 32.2. The monoisotopic (exact) mass is 302 g/mol. The van der Waals surface area contributed by atoms with Crippen molar-refractivity contribution in [3.63, 3.8) is 0 Å². The van der Waals surface area contributed by atoms with E-state index in [1.54, 1.807) is 0 Å². The first-order valence-electron chi connectivity index (χ1n) is 6.92. The third-order valence-electron chi connectivity index (χ3n) is 3.31. The number of hydrogen-bond acceptors (Lipinski definition) is 4. The minimum atomic E-state index is 0.466. The van der Waals surface area contributed by atoms with Gasteiger partial charge in [-0.3, -0.25) is 4.99 Å². The van der Waals surface area contributed by atoms with Gasteiger partial charge in [0.15, 0.2) is 5.17 Å². The molecule has 0 bridgehead atoms. The fourth-order valence-electron chi connectivity index (χ4n) is 2.18. The fourth-order valence-corrected chi connectivity index (χ4v) is 4.10. The SMILES string of the molecule is CCc1ccc(CNC2=NCC(c3ccccc3)S2)s1. The highest BCUT2D eigenvalue weighted by Gasteiger charge is 2.20. The van der Waals surface area contributed by atoms with Gasteiger partial charge in [-0.15, -0.1) is 11.3 Å². The molecule has 20 heavy (non-hydrogen) atoms. The molecular formula is C16H18N2S2. The smallest absolute Gasteiger partial charge is 0.157 e. The number of aryl methyl sites for hydroxylation is 1. The Hall–Kier alpha value is -1.26. The van der Waals surface area contributed by atoms with E-state index in [4.69, 9.17) is 0 Å². The van der Waals surface area contributed by atoms with Crippen LogP contribution in [0, 0.1) is 0 Å². The number of thioether (sulfide) groups is 1. The first-order valence-corrected chi connectivity index (χ1v) is 8.62. The summed E-state index contributed by atoms with van der Waals surface area (Å²) in [5.41, 5.74) is 1.36. The maximum absolute atomic E-state index is 4.61. The van der Waals surface area contributed by atoms with Crippen molar-refractivity contribution in [2.75, 3.05) is 6.54 Å². The van der Waals surface area contributed by atoms with Crippen molar-refractivity contribution < 1.29 is 0 Å². The average molecular weight is 302 g/mol. The predicted octanol–water partition coefficient (Wildman–Crippen LogP) is 4.24. The van der Waals surface area contributed by atoms with Crippen molar-refractivity contribution in [2.24, 2.45) is 4.99 Å². The molecule has 1 atom stereocenters. The number of hydrogen-bond donors (Lipinski definition) is 1. The molecule has 0 saturated heterocycles. The number of benzene rings is 1. The molecule has 1 aromatic heterocycles. The van der Waals surface area contributed by atoms with E-state index >= 15 is 0 Å². The van der Waals surface area contributed by atoms with Crippen LogP contribution in [0.2, 0.25) is 0 Å². The zero-order valence-corrected chi connectivity index (χ0v) is 13.1. The van der Waals surface area contributed by atoms with Crippen molar-refractivity contribution in [2.45, 2.75) is 25.1 Å². The van der Waals surface area contributed by atoms with Crippen molar-refractivity contribution in [1.29, 1.82) is 0 Å². The zero-order chi connectivity index (χ0) is 13.8. The van der Waals surface area contributed by atoms with Crippen LogP contribution in [-0.4, -0.2) is 11.7 Å². The summed E-state index contributed by atoms with van der Waals surface area (Å²) in [5, 5.41) is 5.00. The van der Waals surface area contributed by atoms with E-state index in [1.165, 1.54) is 15.3 Å². The molecular weight excluding hydrogens is 284 g/mol. The first-order chi connectivity index (χ1) is 9.85. The molecule has 1 aliphatic rings. The zero-order valence-electron chi connectivity index (χ0n) is 11.5. The minimum Gasteiger partial charge on any atom is -0.360 e. The molecule has 4 heteroatoms. The summed E-state index contributed by atoms with van der Waals surface area (Å²) in [7, 11) is 0. The lowest BCUT2D eigenvalue weighted by Gasteiger charge is -2.08. The van der Waals surface area contributed by atoms with Gasteiger partial charge in [0, 0.05) is 9.75 Å². The van der Waals surface area contributed by atoms with E-state index in [1.807, 2.05) is 23.1 Å². The van der Waals surface area contributed by atoms with E-state index in [-0.39, 0.29) is 0 Å². The lowest BCUT2D eigenvalue weighted by Crippen LogP contribution is -2.17. The highest BCUT2D eigenvalue weighted by molar-refractivity contribution is 8.14. The molecule has 1 aliphatic heterocycles. The van der Waals surface area contributed by atoms with Crippen LogP contribution in [-0.2, 0) is 13.0 Å². The van der Waals surface area contributed by atoms with Crippen molar-refractivity contribution in [3.05, 3.63) is 57.8 Å². The first kappa shape index (κ1) is 13.7. The van der Waals surface area contributed by atoms with Gasteiger partial charge in [0.25, 0.3) is 0 Å². The molecule has 2 heterocycles. The summed E-state index contributed by atoms with van der Waals surface area (Å²) in [6, 6.07) is 15.1. The van der Waals surface area contributed by atoms with Gasteiger partial charge in [-0.1, -0.05) is 49.0 Å². The van der Waals surface area contributed by atoms with Gasteiger partial charge in [-0.2, -0.15) is 0 Å². The molecule has 104 valence electrons. The Morgan fingerprint density at radius 3 is 2.70 bits per heavy atom. The van der Waals surface area contributed by atoms with Crippen LogP contribution < -0.4 is 5.32 Å². The van der Waals surface area contributed by atoms with Crippen molar-refractivity contribution in [1.82, 2.24) is 5.32 Å². The van der Waals surface area contributed by atoms with Gasteiger partial charge >= 0.3 is 0 Å². The van der Waals surface area contributed by atoms with Crippen molar-refractivity contribution in [3.8, 4) is 0 Å². The maximum Gasteiger partial charge on any atom is 0.157 e. The number of nitrogens with zero attached hydrogens (tertiary/aromatic N) is 1. The van der Waals surface area contributed by atoms with Crippen LogP contribution in [0.3, 0.4) is 0 Å². The molecule has 0 radical (unpaired) electrons. The van der Waals surface area contributed by atoms with Crippen LogP contribution in [0.25, 0.3) is 0 Å². The maximum atomic E-state index is 4.61. The molecule has 1 N–H and O–H groups in total. The van der Waals surface area contributed by atoms with E-state index < -0.39 is 0 Å². The van der Waals surface area contributed by atoms with Crippen LogP contribution in [0.5, 0.6) is 0 Å². The van der Waals surface area contributed by atoms with Gasteiger partial charge in [-0.25, -0.2) is 0 Å². The third-order valence-corrected chi connectivity index (χ3v) is 5.74. The normalized spacial score (nSPS) is 18.1. The van der Waals surface area contributed by atoms with Gasteiger partial charge in [0.2, 0.25) is 0 Å². The van der Waals surface area contributed by atoms with E-state index in [2.05, 4.69) is 59.7 Å². The lowest BCUT2D eigenvalue weighted by molar-refractivity contribution is 0.925. The Balaban J connectivity index is 1.53. The van der Waals surface area contributed by atoms with Crippen LogP contribution >= 0.6 is 23.1 Å². The van der Waals surface area contributed by atoms with Crippen molar-refractivity contribution >= 4 is 28.3 Å². The number of thiophene rings is 1. The Labute approximate surface area is 128 Å². The summed E-state index contributed by atoms with van der Waals surface area (Å²) >= 11 is 3.73. The highest BCUT2D eigenvalue weighted by Crippen LogP contribution is 2.34. The molecule has 0 fully saturated rings. The summed E-state index contributed by atoms with van der Waals surface area (Å²) in [6.45, 7) is 3.96. The molecule has 0 saturated carbocycles. The molecule has 0 aliphatic carbocycles.